The van der Waals surface area contributed by atoms with E-state index < -0.39 is 0 Å². The van der Waals surface area contributed by atoms with Crippen molar-refractivity contribution in [2.24, 2.45) is 0 Å². The van der Waals surface area contributed by atoms with Crippen LogP contribution in [0, 0.1) is 0 Å². The minimum absolute atomic E-state index is 0.00415. The van der Waals surface area contributed by atoms with Crippen molar-refractivity contribution in [1.29, 1.82) is 0 Å². The van der Waals surface area contributed by atoms with Gasteiger partial charge in [0.1, 0.15) is 5.69 Å². The molecule has 3 aromatic heterocycles. The van der Waals surface area contributed by atoms with E-state index >= 15 is 0 Å². The second-order valence-corrected chi connectivity index (χ2v) is 7.89. The lowest BCUT2D eigenvalue weighted by Gasteiger charge is -2.34. The molecule has 0 unspecified atom stereocenters. The quantitative estimate of drug-likeness (QED) is 0.469. The number of nitrogens with one attached hydrogen (secondary N) is 1. The Bertz CT molecular complexity index is 1180. The first-order valence-electron chi connectivity index (χ1n) is 10.9. The number of furan rings is 1. The van der Waals surface area contributed by atoms with Crippen molar-refractivity contribution < 1.29 is 9.21 Å². The Morgan fingerprint density at radius 2 is 1.79 bits per heavy atom. The van der Waals surface area contributed by atoms with Crippen LogP contribution in [-0.4, -0.2) is 63.3 Å². The van der Waals surface area contributed by atoms with Crippen LogP contribution < -0.4 is 10.2 Å². The molecule has 1 aromatic carbocycles. The molecule has 1 N–H and O–H groups in total. The molecule has 0 spiro atoms. The Hall–Kier alpha value is -3.98. The molecule has 1 amide bonds. The Morgan fingerprint density at radius 3 is 2.58 bits per heavy atom. The lowest BCUT2D eigenvalue weighted by atomic mass is 10.2. The standard InChI is InChI=1S/C24H25N7O2/c32-23(17-29-11-13-30(14-12-29)24-25-8-4-9-26-24)27-16-19-15-22(33-18-19)21-7-10-31(28-21)20-5-2-1-3-6-20/h1-10,15,18H,11-14,16-17H2,(H,27,32). The van der Waals surface area contributed by atoms with Gasteiger partial charge in [-0.1, -0.05) is 18.2 Å². The largest absolute Gasteiger partial charge is 0.462 e. The predicted octanol–water partition coefficient (Wildman–Crippen LogP) is 2.36. The van der Waals surface area contributed by atoms with Crippen LogP contribution in [0.3, 0.4) is 0 Å². The highest BCUT2D eigenvalue weighted by atomic mass is 16.3. The summed E-state index contributed by atoms with van der Waals surface area (Å²) in [7, 11) is 0. The van der Waals surface area contributed by atoms with Crippen molar-refractivity contribution in [1.82, 2.24) is 30.0 Å². The number of piperazine rings is 1. The molecule has 5 rings (SSSR count). The van der Waals surface area contributed by atoms with Crippen molar-refractivity contribution in [3.05, 3.63) is 78.9 Å². The van der Waals surface area contributed by atoms with Crippen LogP contribution in [0.25, 0.3) is 17.1 Å². The molecule has 0 radical (unpaired) electrons. The Morgan fingerprint density at radius 1 is 1.00 bits per heavy atom. The fraction of sp³-hybridized carbons (Fsp3) is 0.250. The van der Waals surface area contributed by atoms with Gasteiger partial charge < -0.3 is 14.6 Å². The molecule has 168 valence electrons. The Balaban J connectivity index is 1.09. The molecule has 0 bridgehead atoms. The van der Waals surface area contributed by atoms with Gasteiger partial charge in [-0.3, -0.25) is 9.69 Å². The van der Waals surface area contributed by atoms with Gasteiger partial charge in [0.05, 0.1) is 18.5 Å². The molecule has 1 aliphatic heterocycles. The molecular weight excluding hydrogens is 418 g/mol. The van der Waals surface area contributed by atoms with E-state index in [0.717, 1.165) is 49.1 Å². The number of amides is 1. The van der Waals surface area contributed by atoms with E-state index in [0.29, 0.717) is 18.8 Å². The zero-order valence-corrected chi connectivity index (χ0v) is 18.2. The van der Waals surface area contributed by atoms with Gasteiger partial charge in [0.15, 0.2) is 5.76 Å². The summed E-state index contributed by atoms with van der Waals surface area (Å²) in [6.07, 6.45) is 7.06. The van der Waals surface area contributed by atoms with Gasteiger partial charge in [-0.25, -0.2) is 14.6 Å². The van der Waals surface area contributed by atoms with Gasteiger partial charge in [-0.05, 0) is 30.3 Å². The Labute approximate surface area is 191 Å². The van der Waals surface area contributed by atoms with Gasteiger partial charge >= 0.3 is 0 Å². The second-order valence-electron chi connectivity index (χ2n) is 7.89. The molecule has 1 fully saturated rings. The molecule has 0 aliphatic carbocycles. The van der Waals surface area contributed by atoms with E-state index in [1.165, 1.54) is 0 Å². The molecule has 1 saturated heterocycles. The minimum Gasteiger partial charge on any atom is -0.462 e. The number of aromatic nitrogens is 4. The number of anilines is 1. The number of rotatable bonds is 7. The monoisotopic (exact) mass is 443 g/mol. The highest BCUT2D eigenvalue weighted by Gasteiger charge is 2.20. The van der Waals surface area contributed by atoms with Gasteiger partial charge in [0.2, 0.25) is 11.9 Å². The van der Waals surface area contributed by atoms with Crippen molar-refractivity contribution in [2.45, 2.75) is 6.54 Å². The molecule has 0 saturated carbocycles. The fourth-order valence-corrected chi connectivity index (χ4v) is 3.80. The van der Waals surface area contributed by atoms with Crippen molar-refractivity contribution >= 4 is 11.9 Å². The van der Waals surface area contributed by atoms with Crippen molar-refractivity contribution in [2.75, 3.05) is 37.6 Å². The fourth-order valence-electron chi connectivity index (χ4n) is 3.80. The van der Waals surface area contributed by atoms with Crippen LogP contribution in [0.2, 0.25) is 0 Å². The summed E-state index contributed by atoms with van der Waals surface area (Å²) in [6, 6.07) is 15.5. The average molecular weight is 444 g/mol. The Kier molecular flexibility index (Phi) is 6.12. The topological polar surface area (TPSA) is 92.3 Å². The summed E-state index contributed by atoms with van der Waals surface area (Å²) in [5, 5.41) is 7.56. The van der Waals surface area contributed by atoms with Crippen LogP contribution in [0.1, 0.15) is 5.56 Å². The normalized spacial score (nSPS) is 14.4. The van der Waals surface area contributed by atoms with E-state index in [1.54, 1.807) is 18.7 Å². The van der Waals surface area contributed by atoms with E-state index in [2.05, 4.69) is 30.2 Å². The van der Waals surface area contributed by atoms with Crippen LogP contribution in [-0.2, 0) is 11.3 Å². The molecule has 9 heteroatoms. The molecule has 33 heavy (non-hydrogen) atoms. The van der Waals surface area contributed by atoms with E-state index in [1.807, 2.05) is 59.4 Å². The molecule has 0 atom stereocenters. The molecule has 9 nitrogen and oxygen atoms in total. The third-order valence-electron chi connectivity index (χ3n) is 5.58. The van der Waals surface area contributed by atoms with Crippen LogP contribution in [0.5, 0.6) is 0 Å². The number of hydrogen-bond acceptors (Lipinski definition) is 7. The zero-order chi connectivity index (χ0) is 22.5. The maximum absolute atomic E-state index is 12.4. The number of para-hydroxylation sites is 1. The summed E-state index contributed by atoms with van der Waals surface area (Å²) >= 11 is 0. The highest BCUT2D eigenvalue weighted by molar-refractivity contribution is 5.78. The summed E-state index contributed by atoms with van der Waals surface area (Å²) in [5.41, 5.74) is 2.63. The first-order valence-corrected chi connectivity index (χ1v) is 10.9. The lowest BCUT2D eigenvalue weighted by Crippen LogP contribution is -2.49. The average Bonchev–Trinajstić information content (AvgIpc) is 3.54. The zero-order valence-electron chi connectivity index (χ0n) is 18.2. The van der Waals surface area contributed by atoms with Crippen LogP contribution in [0.4, 0.5) is 5.95 Å². The van der Waals surface area contributed by atoms with Gasteiger partial charge in [0.25, 0.3) is 0 Å². The van der Waals surface area contributed by atoms with Gasteiger partial charge in [-0.15, -0.1) is 0 Å². The third-order valence-corrected chi connectivity index (χ3v) is 5.58. The van der Waals surface area contributed by atoms with E-state index in [4.69, 9.17) is 4.42 Å². The maximum Gasteiger partial charge on any atom is 0.234 e. The summed E-state index contributed by atoms with van der Waals surface area (Å²) in [4.78, 5) is 25.3. The number of benzene rings is 1. The van der Waals surface area contributed by atoms with E-state index in [9.17, 15) is 4.79 Å². The van der Waals surface area contributed by atoms with Gasteiger partial charge in [0, 0.05) is 56.9 Å². The minimum atomic E-state index is -0.00415. The first kappa shape index (κ1) is 20.9. The summed E-state index contributed by atoms with van der Waals surface area (Å²) < 4.78 is 7.49. The summed E-state index contributed by atoms with van der Waals surface area (Å²) in [5.74, 6) is 1.41. The number of hydrogen-bond donors (Lipinski definition) is 1. The first-order chi connectivity index (χ1) is 16.2. The predicted molar refractivity (Wildman–Crippen MR) is 124 cm³/mol. The molecular formula is C24H25N7O2. The number of carbonyl (C=O) groups excluding carboxylic acids is 1. The molecule has 1 aliphatic rings. The van der Waals surface area contributed by atoms with Gasteiger partial charge in [-0.2, -0.15) is 5.10 Å². The SMILES string of the molecule is O=C(CN1CCN(c2ncccn2)CC1)NCc1coc(-c2ccn(-c3ccccc3)n2)c1. The smallest absolute Gasteiger partial charge is 0.234 e. The third kappa shape index (κ3) is 5.09. The second kappa shape index (κ2) is 9.66. The molecule has 4 heterocycles. The maximum atomic E-state index is 12.4. The highest BCUT2D eigenvalue weighted by Crippen LogP contribution is 2.21. The number of carbonyl (C=O) groups is 1. The van der Waals surface area contributed by atoms with Crippen LogP contribution >= 0.6 is 0 Å². The van der Waals surface area contributed by atoms with Crippen molar-refractivity contribution in [3.63, 3.8) is 0 Å². The summed E-state index contributed by atoms with van der Waals surface area (Å²) in [6.45, 7) is 3.99. The van der Waals surface area contributed by atoms with Crippen LogP contribution in [0.15, 0.2) is 77.8 Å². The number of nitrogens with zero attached hydrogens (tertiary/aromatic N) is 6. The molecule has 4 aromatic rings. The lowest BCUT2D eigenvalue weighted by molar-refractivity contribution is -0.122. The van der Waals surface area contributed by atoms with Crippen molar-refractivity contribution in [3.8, 4) is 17.1 Å². The van der Waals surface area contributed by atoms with E-state index in [-0.39, 0.29) is 5.91 Å².